The first kappa shape index (κ1) is 19.8. The number of nitrogens with one attached hydrogen (secondary N) is 1. The van der Waals surface area contributed by atoms with Gasteiger partial charge in [-0.05, 0) is 32.0 Å². The molecule has 162 valence electrons. The number of fused-ring (bicyclic) bond motifs is 2. The maximum atomic E-state index is 12.9. The molecule has 9 heteroatoms. The van der Waals surface area contributed by atoms with Crippen molar-refractivity contribution in [3.05, 3.63) is 59.0 Å². The van der Waals surface area contributed by atoms with Crippen LogP contribution in [0, 0.1) is 6.92 Å². The maximum Gasteiger partial charge on any atom is 0.332 e. The fourth-order valence-electron chi connectivity index (χ4n) is 4.09. The highest BCUT2D eigenvalue weighted by Crippen LogP contribution is 2.37. The number of imidazole rings is 1. The van der Waals surface area contributed by atoms with Gasteiger partial charge in [-0.3, -0.25) is 19.2 Å². The fourth-order valence-corrected chi connectivity index (χ4v) is 4.09. The summed E-state index contributed by atoms with van der Waals surface area (Å²) < 4.78 is 14.9. The molecule has 32 heavy (non-hydrogen) atoms. The number of hydrogen-bond acceptors (Lipinski definition) is 6. The number of aromatic nitrogens is 6. The Hall–Kier alpha value is -4.14. The number of aryl methyl sites for hydroxylation is 2. The molecule has 5 aromatic rings. The Morgan fingerprint density at radius 1 is 1.16 bits per heavy atom. The van der Waals surface area contributed by atoms with Gasteiger partial charge in [0.25, 0.3) is 0 Å². The van der Waals surface area contributed by atoms with E-state index in [0.717, 1.165) is 27.7 Å². The van der Waals surface area contributed by atoms with Crippen LogP contribution < -0.4 is 15.2 Å². The third kappa shape index (κ3) is 3.01. The second-order valence-corrected chi connectivity index (χ2v) is 7.41. The molecular formula is C23H22N6O3. The van der Waals surface area contributed by atoms with Crippen LogP contribution >= 0.6 is 0 Å². The number of benzene rings is 1. The molecular weight excluding hydrogens is 408 g/mol. The zero-order valence-electron chi connectivity index (χ0n) is 18.2. The second kappa shape index (κ2) is 7.52. The summed E-state index contributed by atoms with van der Waals surface area (Å²) in [5, 5.41) is 5.22. The lowest BCUT2D eigenvalue weighted by Gasteiger charge is -2.13. The van der Waals surface area contributed by atoms with Crippen LogP contribution in [0.5, 0.6) is 11.5 Å². The highest BCUT2D eigenvalue weighted by Gasteiger charge is 2.19. The number of ether oxygens (including phenoxy) is 2. The molecule has 9 nitrogen and oxygen atoms in total. The van der Waals surface area contributed by atoms with E-state index in [1.807, 2.05) is 45.3 Å². The highest BCUT2D eigenvalue weighted by atomic mass is 16.5. The number of pyridine rings is 2. The lowest BCUT2D eigenvalue weighted by Crippen LogP contribution is -2.15. The van der Waals surface area contributed by atoms with E-state index in [0.29, 0.717) is 35.0 Å². The minimum absolute atomic E-state index is 0.301. The summed E-state index contributed by atoms with van der Waals surface area (Å²) in [6, 6.07) is 7.37. The van der Waals surface area contributed by atoms with Gasteiger partial charge in [0.1, 0.15) is 17.0 Å². The van der Waals surface area contributed by atoms with E-state index in [-0.39, 0.29) is 5.69 Å². The van der Waals surface area contributed by atoms with Crippen molar-refractivity contribution in [2.75, 3.05) is 13.7 Å². The summed E-state index contributed by atoms with van der Waals surface area (Å²) in [5.74, 6) is 1.25. The Kier molecular flexibility index (Phi) is 4.66. The molecule has 4 aromatic heterocycles. The first-order valence-corrected chi connectivity index (χ1v) is 10.2. The topological polar surface area (TPSA) is 99.8 Å². The molecule has 0 unspecified atom stereocenters. The molecule has 0 atom stereocenters. The van der Waals surface area contributed by atoms with Crippen molar-refractivity contribution in [1.29, 1.82) is 0 Å². The molecule has 0 amide bonds. The normalized spacial score (nSPS) is 11.4. The Bertz CT molecular complexity index is 1530. The Balaban J connectivity index is 1.78. The van der Waals surface area contributed by atoms with Crippen molar-refractivity contribution in [2.24, 2.45) is 7.05 Å². The van der Waals surface area contributed by atoms with Crippen molar-refractivity contribution in [3.8, 4) is 28.3 Å². The summed E-state index contributed by atoms with van der Waals surface area (Å²) in [7, 11) is 3.51. The Labute approximate surface area is 183 Å². The third-order valence-corrected chi connectivity index (χ3v) is 5.41. The van der Waals surface area contributed by atoms with Gasteiger partial charge in [-0.25, -0.2) is 9.78 Å². The molecule has 0 aliphatic carbocycles. The SMILES string of the molecule is CCOc1ccnc2[nH]c(=O)n(-c3ccc4ncc(-c5cn(C)nc5C)c(OC)c4c3)c12. The van der Waals surface area contributed by atoms with Gasteiger partial charge in [-0.2, -0.15) is 5.10 Å². The number of nitrogens with zero attached hydrogens (tertiary/aromatic N) is 5. The van der Waals surface area contributed by atoms with Crippen molar-refractivity contribution in [3.63, 3.8) is 0 Å². The summed E-state index contributed by atoms with van der Waals surface area (Å²) in [6.07, 6.45) is 5.35. The molecule has 0 spiro atoms. The van der Waals surface area contributed by atoms with Gasteiger partial charge in [0, 0.05) is 48.2 Å². The van der Waals surface area contributed by atoms with Crippen LogP contribution in [0.4, 0.5) is 0 Å². The van der Waals surface area contributed by atoms with Crippen molar-refractivity contribution in [2.45, 2.75) is 13.8 Å². The molecule has 1 aromatic carbocycles. The van der Waals surface area contributed by atoms with Crippen LogP contribution in [-0.4, -0.2) is 43.0 Å². The second-order valence-electron chi connectivity index (χ2n) is 7.41. The van der Waals surface area contributed by atoms with Gasteiger partial charge < -0.3 is 9.47 Å². The fraction of sp³-hybridized carbons (Fsp3) is 0.217. The summed E-state index contributed by atoms with van der Waals surface area (Å²) >= 11 is 0. The predicted molar refractivity (Wildman–Crippen MR) is 122 cm³/mol. The van der Waals surface area contributed by atoms with E-state index in [1.54, 1.807) is 34.8 Å². The lowest BCUT2D eigenvalue weighted by molar-refractivity contribution is 0.343. The number of aromatic amines is 1. The van der Waals surface area contributed by atoms with Gasteiger partial charge in [-0.1, -0.05) is 0 Å². The van der Waals surface area contributed by atoms with Gasteiger partial charge in [0.15, 0.2) is 5.65 Å². The quantitative estimate of drug-likeness (QED) is 0.459. The molecule has 1 N–H and O–H groups in total. The predicted octanol–water partition coefficient (Wildman–Crippen LogP) is 3.38. The lowest BCUT2D eigenvalue weighted by atomic mass is 10.0. The number of methoxy groups -OCH3 is 1. The summed E-state index contributed by atoms with van der Waals surface area (Å²) in [5.41, 5.74) is 4.82. The van der Waals surface area contributed by atoms with E-state index in [9.17, 15) is 4.79 Å². The third-order valence-electron chi connectivity index (χ3n) is 5.41. The molecule has 0 aliphatic rings. The molecule has 0 saturated carbocycles. The smallest absolute Gasteiger partial charge is 0.332 e. The van der Waals surface area contributed by atoms with Gasteiger partial charge in [-0.15, -0.1) is 0 Å². The largest absolute Gasteiger partial charge is 0.495 e. The van der Waals surface area contributed by atoms with Crippen LogP contribution in [0.1, 0.15) is 12.6 Å². The number of H-pyrrole nitrogens is 1. The monoisotopic (exact) mass is 430 g/mol. The van der Waals surface area contributed by atoms with Crippen LogP contribution in [0.2, 0.25) is 0 Å². The molecule has 5 rings (SSSR count). The van der Waals surface area contributed by atoms with Crippen LogP contribution in [0.3, 0.4) is 0 Å². The molecule has 0 bridgehead atoms. The van der Waals surface area contributed by atoms with E-state index in [2.05, 4.69) is 20.1 Å². The minimum atomic E-state index is -0.301. The summed E-state index contributed by atoms with van der Waals surface area (Å²) in [6.45, 7) is 4.32. The molecule has 4 heterocycles. The van der Waals surface area contributed by atoms with Crippen LogP contribution in [0.15, 0.2) is 47.7 Å². The molecule has 0 fully saturated rings. The average Bonchev–Trinajstić information content (AvgIpc) is 3.30. The van der Waals surface area contributed by atoms with E-state index in [1.165, 1.54) is 0 Å². The number of hydrogen-bond donors (Lipinski definition) is 1. The van der Waals surface area contributed by atoms with Crippen molar-refractivity contribution < 1.29 is 9.47 Å². The van der Waals surface area contributed by atoms with Crippen molar-refractivity contribution in [1.82, 2.24) is 29.3 Å². The first-order valence-electron chi connectivity index (χ1n) is 10.2. The van der Waals surface area contributed by atoms with Crippen LogP contribution in [-0.2, 0) is 7.05 Å². The molecule has 0 saturated heterocycles. The van der Waals surface area contributed by atoms with Crippen LogP contribution in [0.25, 0.3) is 38.9 Å². The minimum Gasteiger partial charge on any atom is -0.495 e. The average molecular weight is 430 g/mol. The Morgan fingerprint density at radius 3 is 2.72 bits per heavy atom. The van der Waals surface area contributed by atoms with Crippen molar-refractivity contribution >= 4 is 22.1 Å². The van der Waals surface area contributed by atoms with E-state index < -0.39 is 0 Å². The molecule has 0 radical (unpaired) electrons. The van der Waals surface area contributed by atoms with Gasteiger partial charge in [0.05, 0.1) is 30.6 Å². The molecule has 0 aliphatic heterocycles. The zero-order chi connectivity index (χ0) is 22.4. The van der Waals surface area contributed by atoms with Gasteiger partial charge in [0.2, 0.25) is 0 Å². The van der Waals surface area contributed by atoms with E-state index in [4.69, 9.17) is 9.47 Å². The van der Waals surface area contributed by atoms with Gasteiger partial charge >= 0.3 is 5.69 Å². The maximum absolute atomic E-state index is 12.9. The van der Waals surface area contributed by atoms with E-state index >= 15 is 0 Å². The Morgan fingerprint density at radius 2 is 2.00 bits per heavy atom. The standard InChI is InChI=1S/C23H22N6O3/c1-5-32-19-8-9-24-22-20(19)29(23(30)26-22)14-6-7-18-15(10-14)21(31-4)16(11-25-18)17-12-28(3)27-13(17)2/h6-12H,5H2,1-4H3,(H,24,26,30). The summed E-state index contributed by atoms with van der Waals surface area (Å²) in [4.78, 5) is 24.6. The number of rotatable bonds is 5. The zero-order valence-corrected chi connectivity index (χ0v) is 18.2. The highest BCUT2D eigenvalue weighted by molar-refractivity contribution is 5.94. The first-order chi connectivity index (χ1) is 15.5.